The van der Waals surface area contributed by atoms with Crippen LogP contribution < -0.4 is 5.32 Å². The van der Waals surface area contributed by atoms with E-state index in [0.717, 1.165) is 30.2 Å². The highest BCUT2D eigenvalue weighted by atomic mass is 79.9. The van der Waals surface area contributed by atoms with Gasteiger partial charge in [0.2, 0.25) is 5.91 Å². The zero-order valence-corrected chi connectivity index (χ0v) is 15.7. The van der Waals surface area contributed by atoms with Gasteiger partial charge < -0.3 is 10.1 Å². The molecule has 23 heavy (non-hydrogen) atoms. The maximum atomic E-state index is 12.1. The summed E-state index contributed by atoms with van der Waals surface area (Å²) in [5.41, 5.74) is 0.339. The van der Waals surface area contributed by atoms with Gasteiger partial charge in [-0.3, -0.25) is 4.79 Å². The number of amides is 1. The van der Waals surface area contributed by atoms with Gasteiger partial charge >= 0.3 is 5.97 Å². The molecule has 1 N–H and O–H groups in total. The molecule has 0 aliphatic rings. The first-order chi connectivity index (χ1) is 10.9. The van der Waals surface area contributed by atoms with Gasteiger partial charge in [-0.05, 0) is 50.3 Å². The van der Waals surface area contributed by atoms with Crippen LogP contribution >= 0.6 is 15.9 Å². The van der Waals surface area contributed by atoms with Crippen LogP contribution in [0, 0.1) is 0 Å². The third-order valence-electron chi connectivity index (χ3n) is 3.83. The van der Waals surface area contributed by atoms with Crippen LogP contribution in [0.2, 0.25) is 0 Å². The average molecular weight is 384 g/mol. The fourth-order valence-electron chi connectivity index (χ4n) is 2.58. The number of halogens is 1. The summed E-state index contributed by atoms with van der Waals surface area (Å²) in [5, 5.41) is 2.83. The molecule has 1 aromatic rings. The van der Waals surface area contributed by atoms with E-state index in [9.17, 15) is 9.59 Å². The Morgan fingerprint density at radius 2 is 1.87 bits per heavy atom. The summed E-state index contributed by atoms with van der Waals surface area (Å²) in [4.78, 5) is 23.9. The summed E-state index contributed by atoms with van der Waals surface area (Å²) in [6.07, 6.45) is 4.49. The van der Waals surface area contributed by atoms with E-state index in [1.807, 2.05) is 19.1 Å². The van der Waals surface area contributed by atoms with E-state index in [1.54, 1.807) is 6.92 Å². The van der Waals surface area contributed by atoms with Gasteiger partial charge in [-0.25, -0.2) is 4.79 Å². The Morgan fingerprint density at radius 1 is 1.22 bits per heavy atom. The minimum absolute atomic E-state index is 0.0952. The third-order valence-corrected chi connectivity index (χ3v) is 4.36. The van der Waals surface area contributed by atoms with E-state index >= 15 is 0 Å². The molecule has 0 saturated heterocycles. The minimum atomic E-state index is -0.924. The Hall–Kier alpha value is -1.36. The van der Waals surface area contributed by atoms with E-state index in [0.29, 0.717) is 12.8 Å². The number of methoxy groups -OCH3 is 1. The summed E-state index contributed by atoms with van der Waals surface area (Å²) < 4.78 is 5.87. The van der Waals surface area contributed by atoms with Crippen molar-refractivity contribution in [1.82, 2.24) is 5.32 Å². The molecule has 1 unspecified atom stereocenters. The predicted octanol–water partition coefficient (Wildman–Crippen LogP) is 4.01. The molecule has 0 fully saturated rings. The Balaban J connectivity index is 2.37. The molecule has 128 valence electrons. The highest BCUT2D eigenvalue weighted by Gasteiger charge is 2.34. The summed E-state index contributed by atoms with van der Waals surface area (Å²) in [7, 11) is 1.35. The van der Waals surface area contributed by atoms with E-state index in [4.69, 9.17) is 4.74 Å². The number of nitrogens with one attached hydrogen (secondary N) is 1. The SMILES string of the molecule is CCCC(C)(NC(=O)CCCCc1ccc(Br)cc1)C(=O)OC. The zero-order valence-electron chi connectivity index (χ0n) is 14.2. The molecule has 0 aliphatic heterocycles. The van der Waals surface area contributed by atoms with Crippen LogP contribution in [0.1, 0.15) is 51.5 Å². The maximum Gasteiger partial charge on any atom is 0.331 e. The lowest BCUT2D eigenvalue weighted by Gasteiger charge is -2.27. The van der Waals surface area contributed by atoms with E-state index in [1.165, 1.54) is 12.7 Å². The Bertz CT molecular complexity index is 516. The van der Waals surface area contributed by atoms with Crippen molar-refractivity contribution in [3.05, 3.63) is 34.3 Å². The highest BCUT2D eigenvalue weighted by molar-refractivity contribution is 9.10. The fourth-order valence-corrected chi connectivity index (χ4v) is 2.84. The van der Waals surface area contributed by atoms with Gasteiger partial charge in [0.1, 0.15) is 5.54 Å². The monoisotopic (exact) mass is 383 g/mol. The molecule has 0 bridgehead atoms. The molecule has 0 saturated carbocycles. The molecule has 1 amide bonds. The lowest BCUT2D eigenvalue weighted by molar-refractivity contribution is -0.150. The van der Waals surface area contributed by atoms with Gasteiger partial charge in [-0.1, -0.05) is 41.4 Å². The molecule has 0 radical (unpaired) electrons. The molecule has 1 rings (SSSR count). The van der Waals surface area contributed by atoms with Crippen LogP contribution in [-0.4, -0.2) is 24.5 Å². The quantitative estimate of drug-likeness (QED) is 0.517. The van der Waals surface area contributed by atoms with Crippen LogP contribution in [-0.2, 0) is 20.7 Å². The van der Waals surface area contributed by atoms with Crippen LogP contribution in [0.3, 0.4) is 0 Å². The van der Waals surface area contributed by atoms with E-state index in [-0.39, 0.29) is 11.9 Å². The number of esters is 1. The van der Waals surface area contributed by atoms with Crippen LogP contribution in [0.4, 0.5) is 0 Å². The number of carbonyl (C=O) groups is 2. The van der Waals surface area contributed by atoms with Gasteiger partial charge in [-0.15, -0.1) is 0 Å². The molecular weight excluding hydrogens is 358 g/mol. The molecule has 1 aromatic carbocycles. The summed E-state index contributed by atoms with van der Waals surface area (Å²) in [5.74, 6) is -0.482. The molecule has 4 nitrogen and oxygen atoms in total. The molecular formula is C18H26BrNO3. The summed E-state index contributed by atoms with van der Waals surface area (Å²) in [6.45, 7) is 3.70. The number of hydrogen-bond acceptors (Lipinski definition) is 3. The van der Waals surface area contributed by atoms with Crippen molar-refractivity contribution in [3.8, 4) is 0 Å². The number of ether oxygens (including phenoxy) is 1. The third kappa shape index (κ3) is 6.73. The zero-order chi connectivity index (χ0) is 17.3. The number of rotatable bonds is 9. The fraction of sp³-hybridized carbons (Fsp3) is 0.556. The smallest absolute Gasteiger partial charge is 0.331 e. The first kappa shape index (κ1) is 19.7. The minimum Gasteiger partial charge on any atom is -0.467 e. The number of carbonyl (C=O) groups excluding carboxylic acids is 2. The van der Waals surface area contributed by atoms with Gasteiger partial charge in [0.25, 0.3) is 0 Å². The summed E-state index contributed by atoms with van der Waals surface area (Å²) >= 11 is 3.41. The second kappa shape index (κ2) is 9.71. The van der Waals surface area contributed by atoms with Crippen molar-refractivity contribution in [2.45, 2.75) is 57.9 Å². The maximum absolute atomic E-state index is 12.1. The second-order valence-electron chi connectivity index (χ2n) is 5.96. The largest absolute Gasteiger partial charge is 0.467 e. The van der Waals surface area contributed by atoms with Crippen molar-refractivity contribution in [1.29, 1.82) is 0 Å². The van der Waals surface area contributed by atoms with Crippen molar-refractivity contribution in [3.63, 3.8) is 0 Å². The van der Waals surface area contributed by atoms with Crippen molar-refractivity contribution < 1.29 is 14.3 Å². The van der Waals surface area contributed by atoms with E-state index < -0.39 is 5.54 Å². The topological polar surface area (TPSA) is 55.4 Å². The van der Waals surface area contributed by atoms with Gasteiger partial charge in [-0.2, -0.15) is 0 Å². The standard InChI is InChI=1S/C18H26BrNO3/c1-4-13-18(2,17(22)23-3)20-16(21)8-6-5-7-14-9-11-15(19)12-10-14/h9-12H,4-8,13H2,1-3H3,(H,20,21). The van der Waals surface area contributed by atoms with Crippen LogP contribution in [0.15, 0.2) is 28.7 Å². The Morgan fingerprint density at radius 3 is 2.43 bits per heavy atom. The van der Waals surface area contributed by atoms with Crippen LogP contribution in [0.5, 0.6) is 0 Å². The molecule has 0 spiro atoms. The second-order valence-corrected chi connectivity index (χ2v) is 6.87. The number of unbranched alkanes of at least 4 members (excludes halogenated alkanes) is 1. The molecule has 1 atom stereocenters. The molecule has 0 aliphatic carbocycles. The Labute approximate surface area is 147 Å². The van der Waals surface area contributed by atoms with Crippen molar-refractivity contribution in [2.24, 2.45) is 0 Å². The first-order valence-electron chi connectivity index (χ1n) is 8.05. The van der Waals surface area contributed by atoms with Crippen molar-refractivity contribution >= 4 is 27.8 Å². The normalized spacial score (nSPS) is 13.2. The highest BCUT2D eigenvalue weighted by Crippen LogP contribution is 2.16. The van der Waals surface area contributed by atoms with E-state index in [2.05, 4.69) is 33.4 Å². The number of aryl methyl sites for hydroxylation is 1. The Kier molecular flexibility index (Phi) is 8.31. The number of hydrogen-bond donors (Lipinski definition) is 1. The van der Waals surface area contributed by atoms with Gasteiger partial charge in [0.15, 0.2) is 0 Å². The first-order valence-corrected chi connectivity index (χ1v) is 8.84. The number of benzene rings is 1. The molecule has 0 aromatic heterocycles. The summed E-state index contributed by atoms with van der Waals surface area (Å²) in [6, 6.07) is 8.21. The average Bonchev–Trinajstić information content (AvgIpc) is 2.52. The van der Waals surface area contributed by atoms with Gasteiger partial charge in [0, 0.05) is 10.9 Å². The van der Waals surface area contributed by atoms with Crippen molar-refractivity contribution in [2.75, 3.05) is 7.11 Å². The molecule has 5 heteroatoms. The predicted molar refractivity (Wildman–Crippen MR) is 95.2 cm³/mol. The lowest BCUT2D eigenvalue weighted by Crippen LogP contribution is -2.52. The lowest BCUT2D eigenvalue weighted by atomic mass is 9.95. The molecule has 0 heterocycles. The van der Waals surface area contributed by atoms with Crippen LogP contribution in [0.25, 0.3) is 0 Å². The van der Waals surface area contributed by atoms with Gasteiger partial charge in [0.05, 0.1) is 7.11 Å².